The molecule has 0 bridgehead atoms. The van der Waals surface area contributed by atoms with Crippen LogP contribution in [0.4, 0.5) is 0 Å². The molecule has 0 spiro atoms. The van der Waals surface area contributed by atoms with E-state index in [9.17, 15) is 9.59 Å². The van der Waals surface area contributed by atoms with Gasteiger partial charge in [0.05, 0.1) is 20.6 Å². The van der Waals surface area contributed by atoms with Crippen molar-refractivity contribution in [3.8, 4) is 5.75 Å². The van der Waals surface area contributed by atoms with Gasteiger partial charge in [0, 0.05) is 23.1 Å². The van der Waals surface area contributed by atoms with Crippen molar-refractivity contribution in [1.29, 1.82) is 0 Å². The van der Waals surface area contributed by atoms with Gasteiger partial charge in [-0.05, 0) is 23.8 Å². The van der Waals surface area contributed by atoms with Gasteiger partial charge in [-0.2, -0.15) is 11.8 Å². The molecule has 0 saturated carbocycles. The summed E-state index contributed by atoms with van der Waals surface area (Å²) < 4.78 is 9.86. The summed E-state index contributed by atoms with van der Waals surface area (Å²) in [6, 6.07) is 5.47. The number of carboxylic acids is 1. The van der Waals surface area contributed by atoms with Crippen molar-refractivity contribution in [2.45, 2.75) is 12.2 Å². The first-order valence-corrected chi connectivity index (χ1v) is 7.44. The number of hydrogen-bond donors (Lipinski definition) is 1. The highest BCUT2D eigenvalue weighted by Crippen LogP contribution is 2.25. The minimum Gasteiger partial charge on any atom is -0.496 e. The lowest BCUT2D eigenvalue weighted by Crippen LogP contribution is -2.01. The summed E-state index contributed by atoms with van der Waals surface area (Å²) in [5, 5.41) is 8.63. The van der Waals surface area contributed by atoms with E-state index >= 15 is 0 Å². The Morgan fingerprint density at radius 1 is 1.33 bits per heavy atom. The number of benzene rings is 1. The summed E-state index contributed by atoms with van der Waals surface area (Å²) in [4.78, 5) is 21.5. The Morgan fingerprint density at radius 2 is 2.10 bits per heavy atom. The van der Waals surface area contributed by atoms with Gasteiger partial charge in [0.2, 0.25) is 0 Å². The number of aliphatic carboxylic acids is 1. The summed E-state index contributed by atoms with van der Waals surface area (Å²) >= 11 is 1.59. The summed E-state index contributed by atoms with van der Waals surface area (Å²) in [7, 11) is 2.96. The van der Waals surface area contributed by atoms with E-state index in [1.54, 1.807) is 31.0 Å². The summed E-state index contributed by atoms with van der Waals surface area (Å²) in [5.74, 6) is 0.861. The number of hydrogen-bond acceptors (Lipinski definition) is 5. The average Bonchev–Trinajstić information content (AvgIpc) is 2.49. The highest BCUT2D eigenvalue weighted by Gasteiger charge is 2.05. The number of methoxy groups -OCH3 is 2. The molecule has 0 unspecified atom stereocenters. The van der Waals surface area contributed by atoms with Gasteiger partial charge >= 0.3 is 11.9 Å². The molecule has 0 fully saturated rings. The summed E-state index contributed by atoms with van der Waals surface area (Å²) in [6.07, 6.45) is 2.99. The topological polar surface area (TPSA) is 72.8 Å². The lowest BCUT2D eigenvalue weighted by molar-refractivity contribution is -0.140. The first-order chi connectivity index (χ1) is 10.1. The number of ether oxygens (including phenoxy) is 2. The smallest absolute Gasteiger partial charge is 0.328 e. The fourth-order valence-corrected chi connectivity index (χ4v) is 2.52. The van der Waals surface area contributed by atoms with Crippen LogP contribution in [-0.4, -0.2) is 37.0 Å². The molecule has 0 atom stereocenters. The highest BCUT2D eigenvalue weighted by atomic mass is 32.2. The normalized spacial score (nSPS) is 10.6. The monoisotopic (exact) mass is 310 g/mol. The Balaban J connectivity index is 2.67. The molecule has 0 aliphatic carbocycles. The van der Waals surface area contributed by atoms with Gasteiger partial charge in [-0.25, -0.2) is 4.79 Å². The third-order valence-electron chi connectivity index (χ3n) is 2.66. The van der Waals surface area contributed by atoms with Crippen molar-refractivity contribution in [2.75, 3.05) is 20.0 Å². The zero-order chi connectivity index (χ0) is 15.7. The van der Waals surface area contributed by atoms with E-state index in [-0.39, 0.29) is 5.97 Å². The van der Waals surface area contributed by atoms with Crippen LogP contribution >= 0.6 is 11.8 Å². The number of carbonyl (C=O) groups excluding carboxylic acids is 1. The number of thioether (sulfide) groups is 1. The van der Waals surface area contributed by atoms with Crippen LogP contribution in [0.25, 0.3) is 6.08 Å². The van der Waals surface area contributed by atoms with Gasteiger partial charge < -0.3 is 14.6 Å². The molecule has 0 aliphatic rings. The second kappa shape index (κ2) is 9.07. The molecular formula is C15H18O5S. The fourth-order valence-electron chi connectivity index (χ4n) is 1.62. The lowest BCUT2D eigenvalue weighted by atomic mass is 10.1. The highest BCUT2D eigenvalue weighted by molar-refractivity contribution is 7.98. The standard InChI is InChI=1S/C15H18O5S/c1-19-13-5-3-11(4-6-14(16)17)9-12(13)10-21-8-7-15(18)20-2/h3-6,9H,7-8,10H2,1-2H3,(H,16,17). The first kappa shape index (κ1) is 17.1. The first-order valence-electron chi connectivity index (χ1n) is 6.29. The molecule has 5 nitrogen and oxygen atoms in total. The Kier molecular flexibility index (Phi) is 7.39. The molecule has 0 aliphatic heterocycles. The molecule has 0 heterocycles. The van der Waals surface area contributed by atoms with Crippen molar-refractivity contribution >= 4 is 29.8 Å². The van der Waals surface area contributed by atoms with E-state index in [0.29, 0.717) is 17.9 Å². The third-order valence-corrected chi connectivity index (χ3v) is 3.67. The molecule has 0 aromatic heterocycles. The molecule has 1 aromatic rings. The Labute approximate surface area is 127 Å². The van der Waals surface area contributed by atoms with Crippen LogP contribution in [0.1, 0.15) is 17.5 Å². The second-order valence-corrected chi connectivity index (χ2v) is 5.23. The van der Waals surface area contributed by atoms with Crippen molar-refractivity contribution < 1.29 is 24.2 Å². The van der Waals surface area contributed by atoms with E-state index < -0.39 is 5.97 Å². The molecule has 0 radical (unpaired) electrons. The van der Waals surface area contributed by atoms with E-state index in [1.165, 1.54) is 13.2 Å². The van der Waals surface area contributed by atoms with Crippen LogP contribution in [0.5, 0.6) is 5.75 Å². The molecule has 0 amide bonds. The van der Waals surface area contributed by atoms with Gasteiger partial charge in [-0.15, -0.1) is 0 Å². The number of rotatable bonds is 8. The minimum atomic E-state index is -0.986. The van der Waals surface area contributed by atoms with E-state index in [4.69, 9.17) is 9.84 Å². The van der Waals surface area contributed by atoms with Crippen LogP contribution in [0.2, 0.25) is 0 Å². The van der Waals surface area contributed by atoms with Gasteiger partial charge in [-0.1, -0.05) is 6.07 Å². The predicted molar refractivity (Wildman–Crippen MR) is 82.5 cm³/mol. The largest absolute Gasteiger partial charge is 0.496 e. The molecule has 0 saturated heterocycles. The van der Waals surface area contributed by atoms with Gasteiger partial charge in [0.15, 0.2) is 0 Å². The molecule has 1 aromatic carbocycles. The van der Waals surface area contributed by atoms with Crippen LogP contribution in [0.15, 0.2) is 24.3 Å². The molecule has 1 rings (SSSR count). The second-order valence-electron chi connectivity index (χ2n) is 4.12. The zero-order valence-corrected chi connectivity index (χ0v) is 12.8. The van der Waals surface area contributed by atoms with Crippen LogP contribution in [0, 0.1) is 0 Å². The Morgan fingerprint density at radius 3 is 2.71 bits per heavy atom. The molecule has 6 heteroatoms. The van der Waals surface area contributed by atoms with Gasteiger partial charge in [0.1, 0.15) is 5.75 Å². The number of carbonyl (C=O) groups is 2. The maximum Gasteiger partial charge on any atom is 0.328 e. The van der Waals surface area contributed by atoms with Crippen molar-refractivity contribution in [1.82, 2.24) is 0 Å². The number of carboxylic acid groups (broad SMARTS) is 1. The lowest BCUT2D eigenvalue weighted by Gasteiger charge is -2.09. The maximum absolute atomic E-state index is 11.0. The summed E-state index contributed by atoms with van der Waals surface area (Å²) in [5.41, 5.74) is 1.75. The third kappa shape index (κ3) is 6.35. The molecule has 1 N–H and O–H groups in total. The fraction of sp³-hybridized carbons (Fsp3) is 0.333. The van der Waals surface area contributed by atoms with Gasteiger partial charge in [-0.3, -0.25) is 4.79 Å². The van der Waals surface area contributed by atoms with Crippen molar-refractivity contribution in [2.24, 2.45) is 0 Å². The van der Waals surface area contributed by atoms with Crippen LogP contribution in [0.3, 0.4) is 0 Å². The molecule has 114 valence electrons. The minimum absolute atomic E-state index is 0.229. The van der Waals surface area contributed by atoms with Crippen LogP contribution < -0.4 is 4.74 Å². The summed E-state index contributed by atoms with van der Waals surface area (Å²) in [6.45, 7) is 0. The van der Waals surface area contributed by atoms with Crippen molar-refractivity contribution in [3.05, 3.63) is 35.4 Å². The van der Waals surface area contributed by atoms with Gasteiger partial charge in [0.25, 0.3) is 0 Å². The SMILES string of the molecule is COC(=O)CCSCc1cc(C=CC(=O)O)ccc1OC. The average molecular weight is 310 g/mol. The van der Waals surface area contributed by atoms with E-state index in [1.807, 2.05) is 6.07 Å². The zero-order valence-electron chi connectivity index (χ0n) is 12.0. The van der Waals surface area contributed by atoms with Crippen molar-refractivity contribution in [3.63, 3.8) is 0 Å². The Hall–Kier alpha value is -1.95. The van der Waals surface area contributed by atoms with E-state index in [0.717, 1.165) is 23.0 Å². The van der Waals surface area contributed by atoms with E-state index in [2.05, 4.69) is 4.74 Å². The predicted octanol–water partition coefficient (Wildman–Crippen LogP) is 2.59. The van der Waals surface area contributed by atoms with Crippen LogP contribution in [-0.2, 0) is 20.1 Å². The molecule has 21 heavy (non-hydrogen) atoms. The maximum atomic E-state index is 11.0. The Bertz CT molecular complexity index is 525. The molecular weight excluding hydrogens is 292 g/mol. The quantitative estimate of drug-likeness (QED) is 0.452. The number of esters is 1.